The van der Waals surface area contributed by atoms with Crippen molar-refractivity contribution >= 4 is 0 Å². The highest BCUT2D eigenvalue weighted by Gasteiger charge is 2.17. The van der Waals surface area contributed by atoms with Crippen molar-refractivity contribution in [3.05, 3.63) is 18.2 Å². The molecule has 0 spiro atoms. The molecule has 0 aliphatic carbocycles. The lowest BCUT2D eigenvalue weighted by Gasteiger charge is -2.16. The third kappa shape index (κ3) is 2.47. The van der Waals surface area contributed by atoms with Crippen LogP contribution in [0.1, 0.15) is 19.3 Å². The van der Waals surface area contributed by atoms with Gasteiger partial charge in [0, 0.05) is 6.07 Å². The molecule has 0 amide bonds. The van der Waals surface area contributed by atoms with Crippen molar-refractivity contribution in [2.75, 3.05) is 19.9 Å². The molecule has 92 valence electrons. The van der Waals surface area contributed by atoms with Gasteiger partial charge in [-0.05, 0) is 44.5 Å². The van der Waals surface area contributed by atoms with Crippen molar-refractivity contribution in [1.82, 2.24) is 5.32 Å². The van der Waals surface area contributed by atoms with Gasteiger partial charge in [-0.15, -0.1) is 0 Å². The maximum atomic E-state index is 5.98. The maximum absolute atomic E-state index is 5.98. The Kier molecular flexibility index (Phi) is 3.05. The second kappa shape index (κ2) is 4.84. The van der Waals surface area contributed by atoms with E-state index in [0.717, 1.165) is 43.2 Å². The summed E-state index contributed by atoms with van der Waals surface area (Å²) in [4.78, 5) is 0. The number of hydrogen-bond acceptors (Lipinski definition) is 4. The summed E-state index contributed by atoms with van der Waals surface area (Å²) in [6, 6.07) is 5.78. The van der Waals surface area contributed by atoms with E-state index in [1.165, 1.54) is 6.42 Å². The molecule has 2 aliphatic rings. The Labute approximate surface area is 101 Å². The largest absolute Gasteiger partial charge is 0.490 e. The van der Waals surface area contributed by atoms with Crippen LogP contribution in [-0.2, 0) is 0 Å². The minimum atomic E-state index is 0.311. The van der Waals surface area contributed by atoms with Gasteiger partial charge < -0.3 is 19.5 Å². The van der Waals surface area contributed by atoms with Crippen LogP contribution in [0.4, 0.5) is 0 Å². The normalized spacial score (nSPS) is 23.2. The zero-order valence-corrected chi connectivity index (χ0v) is 9.78. The average molecular weight is 235 g/mol. The Morgan fingerprint density at radius 2 is 2.06 bits per heavy atom. The highest BCUT2D eigenvalue weighted by atomic mass is 16.7. The molecule has 4 nitrogen and oxygen atoms in total. The lowest BCUT2D eigenvalue weighted by molar-refractivity contribution is 0.172. The van der Waals surface area contributed by atoms with Crippen LogP contribution < -0.4 is 19.5 Å². The fourth-order valence-corrected chi connectivity index (χ4v) is 2.25. The zero-order valence-electron chi connectivity index (χ0n) is 9.78. The molecular weight excluding hydrogens is 218 g/mol. The summed E-state index contributed by atoms with van der Waals surface area (Å²) in [5, 5.41) is 3.38. The lowest BCUT2D eigenvalue weighted by Crippen LogP contribution is -2.19. The average Bonchev–Trinajstić information content (AvgIpc) is 2.65. The molecule has 2 heterocycles. The van der Waals surface area contributed by atoms with Crippen molar-refractivity contribution < 1.29 is 14.2 Å². The molecule has 1 unspecified atom stereocenters. The number of fused-ring (bicyclic) bond motifs is 1. The number of ether oxygens (including phenoxy) is 3. The third-order valence-electron chi connectivity index (χ3n) is 3.17. The summed E-state index contributed by atoms with van der Waals surface area (Å²) in [6.07, 6.45) is 3.66. The van der Waals surface area contributed by atoms with Gasteiger partial charge in [-0.1, -0.05) is 0 Å². The van der Waals surface area contributed by atoms with E-state index in [4.69, 9.17) is 14.2 Å². The Morgan fingerprint density at radius 3 is 3.06 bits per heavy atom. The Morgan fingerprint density at radius 1 is 1.12 bits per heavy atom. The molecule has 0 bridgehead atoms. The molecule has 1 aromatic carbocycles. The predicted octanol–water partition coefficient (Wildman–Crippen LogP) is 1.94. The first-order valence-corrected chi connectivity index (χ1v) is 6.19. The molecule has 4 heteroatoms. The quantitative estimate of drug-likeness (QED) is 0.850. The molecule has 1 atom stereocenters. The van der Waals surface area contributed by atoms with E-state index in [-0.39, 0.29) is 0 Å². The Bertz CT molecular complexity index is 386. The van der Waals surface area contributed by atoms with Crippen LogP contribution in [0.5, 0.6) is 17.2 Å². The predicted molar refractivity (Wildman–Crippen MR) is 63.7 cm³/mol. The molecule has 3 rings (SSSR count). The van der Waals surface area contributed by atoms with E-state index in [0.29, 0.717) is 12.9 Å². The molecule has 1 aromatic rings. The van der Waals surface area contributed by atoms with Crippen molar-refractivity contribution in [3.8, 4) is 17.2 Å². The molecule has 0 radical (unpaired) electrons. The van der Waals surface area contributed by atoms with Gasteiger partial charge in [0.2, 0.25) is 6.79 Å². The van der Waals surface area contributed by atoms with Gasteiger partial charge >= 0.3 is 0 Å². The zero-order chi connectivity index (χ0) is 11.5. The second-order valence-electron chi connectivity index (χ2n) is 4.44. The topological polar surface area (TPSA) is 39.7 Å². The van der Waals surface area contributed by atoms with E-state index >= 15 is 0 Å². The number of benzene rings is 1. The summed E-state index contributed by atoms with van der Waals surface area (Å²) >= 11 is 0. The maximum Gasteiger partial charge on any atom is 0.231 e. The van der Waals surface area contributed by atoms with Gasteiger partial charge in [0.05, 0.1) is 6.10 Å². The van der Waals surface area contributed by atoms with Crippen LogP contribution >= 0.6 is 0 Å². The Balaban J connectivity index is 1.67. The number of nitrogens with one attached hydrogen (secondary N) is 1. The van der Waals surface area contributed by atoms with E-state index in [1.807, 2.05) is 18.2 Å². The Hall–Kier alpha value is -1.42. The van der Waals surface area contributed by atoms with Crippen LogP contribution in [-0.4, -0.2) is 26.0 Å². The molecule has 0 aromatic heterocycles. The van der Waals surface area contributed by atoms with Crippen LogP contribution in [0.2, 0.25) is 0 Å². The number of rotatable bonds is 2. The van der Waals surface area contributed by atoms with E-state index < -0.39 is 0 Å². The van der Waals surface area contributed by atoms with Crippen LogP contribution in [0.25, 0.3) is 0 Å². The van der Waals surface area contributed by atoms with Gasteiger partial charge in [0.1, 0.15) is 5.75 Å². The van der Waals surface area contributed by atoms with E-state index in [1.54, 1.807) is 0 Å². The molecule has 0 saturated carbocycles. The minimum Gasteiger partial charge on any atom is -0.490 e. The van der Waals surface area contributed by atoms with E-state index in [9.17, 15) is 0 Å². The number of hydrogen-bond donors (Lipinski definition) is 1. The molecule has 1 saturated heterocycles. The first-order chi connectivity index (χ1) is 8.42. The molecule has 17 heavy (non-hydrogen) atoms. The first kappa shape index (κ1) is 10.7. The summed E-state index contributed by atoms with van der Waals surface area (Å²) in [5.41, 5.74) is 0. The van der Waals surface area contributed by atoms with Crippen molar-refractivity contribution in [2.24, 2.45) is 0 Å². The van der Waals surface area contributed by atoms with Crippen molar-refractivity contribution in [1.29, 1.82) is 0 Å². The fourth-order valence-electron chi connectivity index (χ4n) is 2.25. The third-order valence-corrected chi connectivity index (χ3v) is 3.17. The lowest BCUT2D eigenvalue weighted by atomic mass is 10.1. The molecular formula is C13H17NO3. The second-order valence-corrected chi connectivity index (χ2v) is 4.44. The van der Waals surface area contributed by atoms with Gasteiger partial charge in [0.15, 0.2) is 11.5 Å². The van der Waals surface area contributed by atoms with Crippen molar-refractivity contribution in [3.63, 3.8) is 0 Å². The van der Waals surface area contributed by atoms with Crippen LogP contribution in [0, 0.1) is 0 Å². The van der Waals surface area contributed by atoms with Gasteiger partial charge in [-0.25, -0.2) is 0 Å². The fraction of sp³-hybridized carbons (Fsp3) is 0.538. The highest BCUT2D eigenvalue weighted by Crippen LogP contribution is 2.35. The van der Waals surface area contributed by atoms with E-state index in [2.05, 4.69) is 5.32 Å². The molecule has 1 fully saturated rings. The van der Waals surface area contributed by atoms with Crippen LogP contribution in [0.15, 0.2) is 18.2 Å². The minimum absolute atomic E-state index is 0.311. The smallest absolute Gasteiger partial charge is 0.231 e. The SMILES string of the molecule is c1cc2c(cc1OC1CCCNCC1)OCO2. The molecule has 2 aliphatic heterocycles. The summed E-state index contributed by atoms with van der Waals surface area (Å²) in [5.74, 6) is 2.47. The molecule has 1 N–H and O–H groups in total. The standard InChI is InChI=1S/C13H17NO3/c1-2-10(5-7-14-6-1)17-11-3-4-12-13(8-11)16-9-15-12/h3-4,8,10,14H,1-2,5-7,9H2. The summed E-state index contributed by atoms with van der Waals surface area (Å²) < 4.78 is 16.6. The van der Waals surface area contributed by atoms with Crippen LogP contribution in [0.3, 0.4) is 0 Å². The van der Waals surface area contributed by atoms with Gasteiger partial charge in [-0.2, -0.15) is 0 Å². The highest BCUT2D eigenvalue weighted by molar-refractivity contribution is 5.46. The van der Waals surface area contributed by atoms with Gasteiger partial charge in [0.25, 0.3) is 0 Å². The monoisotopic (exact) mass is 235 g/mol. The first-order valence-electron chi connectivity index (χ1n) is 6.19. The summed E-state index contributed by atoms with van der Waals surface area (Å²) in [7, 11) is 0. The van der Waals surface area contributed by atoms with Gasteiger partial charge in [-0.3, -0.25) is 0 Å². The summed E-state index contributed by atoms with van der Waals surface area (Å²) in [6.45, 7) is 2.45. The van der Waals surface area contributed by atoms with Crippen molar-refractivity contribution in [2.45, 2.75) is 25.4 Å².